The SMILES string of the molecule is O=C1CC(c2ccc(C[C@H](NC(=O)OCc3ccccc3)C(=O)O)cc2)S(O)(O)N1. The van der Waals surface area contributed by atoms with E-state index < -0.39 is 40.0 Å². The summed E-state index contributed by atoms with van der Waals surface area (Å²) in [6.45, 7) is 0.0221. The van der Waals surface area contributed by atoms with Gasteiger partial charge >= 0.3 is 12.1 Å². The molecule has 1 aliphatic heterocycles. The van der Waals surface area contributed by atoms with Gasteiger partial charge in [0.25, 0.3) is 0 Å². The Labute approximate surface area is 174 Å². The number of alkyl carbamates (subject to hydrolysis) is 1. The first kappa shape index (κ1) is 21.6. The van der Waals surface area contributed by atoms with Crippen LogP contribution in [0.3, 0.4) is 0 Å². The van der Waals surface area contributed by atoms with Crippen molar-refractivity contribution < 1.29 is 33.3 Å². The topological polar surface area (TPSA) is 145 Å². The van der Waals surface area contributed by atoms with Gasteiger partial charge in [0.2, 0.25) is 5.91 Å². The fourth-order valence-corrected chi connectivity index (χ4v) is 4.56. The highest BCUT2D eigenvalue weighted by Crippen LogP contribution is 2.56. The summed E-state index contributed by atoms with van der Waals surface area (Å²) in [7, 11) is -3.25. The van der Waals surface area contributed by atoms with Crippen molar-refractivity contribution in [1.82, 2.24) is 10.0 Å². The van der Waals surface area contributed by atoms with E-state index in [4.69, 9.17) is 4.74 Å². The largest absolute Gasteiger partial charge is 0.480 e. The normalized spacial score (nSPS) is 19.4. The molecule has 1 saturated heterocycles. The van der Waals surface area contributed by atoms with Gasteiger partial charge in [-0.15, -0.1) is 10.8 Å². The predicted octanol–water partition coefficient (Wildman–Crippen LogP) is 2.84. The first-order valence-corrected chi connectivity index (χ1v) is 10.7. The summed E-state index contributed by atoms with van der Waals surface area (Å²) in [5, 5.41) is 11.0. The molecule has 0 radical (unpaired) electrons. The quantitative estimate of drug-likeness (QED) is 0.450. The summed E-state index contributed by atoms with van der Waals surface area (Å²) in [5.74, 6) is -1.65. The van der Waals surface area contributed by atoms with Crippen LogP contribution in [0.2, 0.25) is 0 Å². The number of hydrogen-bond donors (Lipinski definition) is 5. The Morgan fingerprint density at radius 2 is 1.77 bits per heavy atom. The second-order valence-corrected chi connectivity index (χ2v) is 8.81. The number of carboxylic acid groups (broad SMARTS) is 1. The molecule has 9 nitrogen and oxygen atoms in total. The average molecular weight is 434 g/mol. The number of benzene rings is 2. The molecule has 0 bridgehead atoms. The van der Waals surface area contributed by atoms with E-state index in [9.17, 15) is 28.6 Å². The van der Waals surface area contributed by atoms with E-state index in [1.165, 1.54) is 0 Å². The molecule has 2 atom stereocenters. The number of ether oxygens (including phenoxy) is 1. The number of amides is 2. The van der Waals surface area contributed by atoms with Crippen molar-refractivity contribution in [2.45, 2.75) is 30.7 Å². The van der Waals surface area contributed by atoms with Gasteiger partial charge in [-0.2, -0.15) is 0 Å². The third-order valence-corrected chi connectivity index (χ3v) is 6.39. The van der Waals surface area contributed by atoms with Crippen molar-refractivity contribution in [3.05, 3.63) is 71.3 Å². The van der Waals surface area contributed by atoms with Gasteiger partial charge in [-0.25, -0.2) is 9.59 Å². The fraction of sp³-hybridized carbons (Fsp3) is 0.250. The Morgan fingerprint density at radius 3 is 2.33 bits per heavy atom. The lowest BCUT2D eigenvalue weighted by molar-refractivity contribution is -0.139. The number of nitrogens with one attached hydrogen (secondary N) is 2. The molecule has 1 fully saturated rings. The molecule has 2 aromatic carbocycles. The molecule has 5 N–H and O–H groups in total. The van der Waals surface area contributed by atoms with E-state index in [-0.39, 0.29) is 19.4 Å². The van der Waals surface area contributed by atoms with E-state index in [0.717, 1.165) is 5.56 Å². The maximum absolute atomic E-state index is 12.0. The molecule has 10 heteroatoms. The molecule has 1 unspecified atom stereocenters. The molecular formula is C20H22N2O7S. The van der Waals surface area contributed by atoms with Crippen LogP contribution in [0.4, 0.5) is 4.79 Å². The molecular weight excluding hydrogens is 412 g/mol. The summed E-state index contributed by atoms with van der Waals surface area (Å²) in [6, 6.07) is 14.3. The highest BCUT2D eigenvalue weighted by Gasteiger charge is 2.37. The minimum Gasteiger partial charge on any atom is -0.480 e. The molecule has 0 aromatic heterocycles. The third kappa shape index (κ3) is 5.50. The molecule has 1 heterocycles. The zero-order valence-corrected chi connectivity index (χ0v) is 16.7. The molecule has 3 rings (SSSR count). The lowest BCUT2D eigenvalue weighted by Crippen LogP contribution is -2.42. The Morgan fingerprint density at radius 1 is 1.10 bits per heavy atom. The summed E-state index contributed by atoms with van der Waals surface area (Å²) in [5.41, 5.74) is 1.95. The zero-order chi connectivity index (χ0) is 21.7. The van der Waals surface area contributed by atoms with Crippen molar-refractivity contribution >= 4 is 28.7 Å². The van der Waals surface area contributed by atoms with Crippen LogP contribution in [0.15, 0.2) is 54.6 Å². The highest BCUT2D eigenvalue weighted by molar-refractivity contribution is 8.23. The van der Waals surface area contributed by atoms with E-state index in [0.29, 0.717) is 11.1 Å². The highest BCUT2D eigenvalue weighted by atomic mass is 32.3. The first-order valence-electron chi connectivity index (χ1n) is 9.11. The van der Waals surface area contributed by atoms with Gasteiger partial charge in [0.05, 0.1) is 6.42 Å². The number of carboxylic acids is 1. The van der Waals surface area contributed by atoms with Crippen LogP contribution in [0.1, 0.15) is 28.4 Å². The summed E-state index contributed by atoms with van der Waals surface area (Å²) < 4.78 is 27.2. The second-order valence-electron chi connectivity index (χ2n) is 6.85. The third-order valence-electron chi connectivity index (χ3n) is 4.63. The van der Waals surface area contributed by atoms with Gasteiger partial charge in [0.15, 0.2) is 0 Å². The Kier molecular flexibility index (Phi) is 6.60. The predicted molar refractivity (Wildman–Crippen MR) is 110 cm³/mol. The van der Waals surface area contributed by atoms with Crippen LogP contribution in [0.5, 0.6) is 0 Å². The van der Waals surface area contributed by atoms with E-state index >= 15 is 0 Å². The number of hydrogen-bond acceptors (Lipinski definition) is 6. The zero-order valence-electron chi connectivity index (χ0n) is 15.9. The van der Waals surface area contributed by atoms with Gasteiger partial charge in [0, 0.05) is 6.42 Å². The number of aliphatic carboxylic acids is 1. The van der Waals surface area contributed by atoms with Gasteiger partial charge in [-0.3, -0.25) is 18.6 Å². The number of carbonyl (C=O) groups excluding carboxylic acids is 2. The fourth-order valence-electron chi connectivity index (χ4n) is 3.08. The van der Waals surface area contributed by atoms with Crippen LogP contribution in [-0.4, -0.2) is 38.2 Å². The minimum absolute atomic E-state index is 0.00808. The van der Waals surface area contributed by atoms with Crippen molar-refractivity contribution in [3.8, 4) is 0 Å². The van der Waals surface area contributed by atoms with Gasteiger partial charge < -0.3 is 15.2 Å². The van der Waals surface area contributed by atoms with Crippen molar-refractivity contribution in [2.24, 2.45) is 0 Å². The lowest BCUT2D eigenvalue weighted by Gasteiger charge is -2.32. The van der Waals surface area contributed by atoms with Crippen molar-refractivity contribution in [2.75, 3.05) is 0 Å². The molecule has 2 amide bonds. The maximum atomic E-state index is 12.0. The molecule has 0 saturated carbocycles. The van der Waals surface area contributed by atoms with E-state index in [1.54, 1.807) is 48.5 Å². The van der Waals surface area contributed by atoms with Gasteiger partial charge in [-0.05, 0) is 16.7 Å². The summed E-state index contributed by atoms with van der Waals surface area (Å²) >= 11 is 0. The molecule has 0 aliphatic carbocycles. The van der Waals surface area contributed by atoms with Crippen LogP contribution in [-0.2, 0) is 27.4 Å². The average Bonchev–Trinajstić information content (AvgIpc) is 2.99. The smallest absolute Gasteiger partial charge is 0.408 e. The maximum Gasteiger partial charge on any atom is 0.408 e. The van der Waals surface area contributed by atoms with Gasteiger partial charge in [-0.1, -0.05) is 54.6 Å². The van der Waals surface area contributed by atoms with Crippen molar-refractivity contribution in [1.29, 1.82) is 0 Å². The molecule has 30 heavy (non-hydrogen) atoms. The number of rotatable bonds is 7. The standard InChI is InChI=1S/C20H22N2O7S/c23-18-11-17(30(27,28)22-18)15-8-6-13(7-9-15)10-16(19(24)25)21-20(26)29-12-14-4-2-1-3-5-14/h1-9,16-17,27-28H,10-12H2,(H,21,26)(H,22,23)(H,24,25)/t16-,17?/m0/s1. The van der Waals surface area contributed by atoms with Crippen LogP contribution in [0.25, 0.3) is 0 Å². The Hall–Kier alpha value is -3.08. The Bertz CT molecular complexity index is 919. The molecule has 160 valence electrons. The monoisotopic (exact) mass is 434 g/mol. The molecule has 0 spiro atoms. The minimum atomic E-state index is -3.25. The summed E-state index contributed by atoms with van der Waals surface area (Å²) in [6.07, 6.45) is -0.866. The van der Waals surface area contributed by atoms with Crippen molar-refractivity contribution in [3.63, 3.8) is 0 Å². The number of carbonyl (C=O) groups is 3. The lowest BCUT2D eigenvalue weighted by atomic mass is 10.0. The van der Waals surface area contributed by atoms with Crippen LogP contribution >= 0.6 is 10.8 Å². The molecule has 2 aromatic rings. The summed E-state index contributed by atoms with van der Waals surface area (Å²) in [4.78, 5) is 34.9. The van der Waals surface area contributed by atoms with E-state index in [2.05, 4.69) is 10.0 Å². The van der Waals surface area contributed by atoms with Crippen LogP contribution < -0.4 is 10.0 Å². The van der Waals surface area contributed by atoms with Gasteiger partial charge in [0.1, 0.15) is 17.9 Å². The second kappa shape index (κ2) is 9.16. The molecule has 1 aliphatic rings. The first-order chi connectivity index (χ1) is 14.2. The Balaban J connectivity index is 1.59. The van der Waals surface area contributed by atoms with Crippen LogP contribution in [0, 0.1) is 0 Å². The van der Waals surface area contributed by atoms with E-state index in [1.807, 2.05) is 6.07 Å².